The molecule has 0 atom stereocenters. The van der Waals surface area contributed by atoms with Crippen molar-refractivity contribution in [2.45, 2.75) is 4.90 Å². The van der Waals surface area contributed by atoms with Gasteiger partial charge in [-0.1, -0.05) is 41.9 Å². The lowest BCUT2D eigenvalue weighted by atomic mass is 10.2. The highest BCUT2D eigenvalue weighted by molar-refractivity contribution is 7.92. The molecule has 0 radical (unpaired) electrons. The number of ether oxygens (including phenoxy) is 2. The van der Waals surface area contributed by atoms with Gasteiger partial charge in [-0.25, -0.2) is 13.2 Å². The minimum Gasteiger partial charge on any atom is -0.490 e. The van der Waals surface area contributed by atoms with Crippen LogP contribution < -0.4 is 9.04 Å². The van der Waals surface area contributed by atoms with Gasteiger partial charge in [-0.15, -0.1) is 0 Å². The Morgan fingerprint density at radius 1 is 0.933 bits per heavy atom. The Morgan fingerprint density at radius 2 is 1.67 bits per heavy atom. The first-order chi connectivity index (χ1) is 14.4. The maximum atomic E-state index is 12.9. The molecule has 0 fully saturated rings. The molecule has 0 spiro atoms. The summed E-state index contributed by atoms with van der Waals surface area (Å²) in [5.41, 5.74) is 0.656. The minimum absolute atomic E-state index is 0.00141. The van der Waals surface area contributed by atoms with Gasteiger partial charge in [0.1, 0.15) is 19.0 Å². The van der Waals surface area contributed by atoms with E-state index in [4.69, 9.17) is 21.1 Å². The molecular weight excluding hydrogens is 426 g/mol. The van der Waals surface area contributed by atoms with E-state index in [-0.39, 0.29) is 23.7 Å². The molecular formula is C22H20ClNO5S. The lowest BCUT2D eigenvalue weighted by molar-refractivity contribution is 0.0450. The third kappa shape index (κ3) is 5.31. The highest BCUT2D eigenvalue weighted by Gasteiger charge is 2.22. The predicted octanol–water partition coefficient (Wildman–Crippen LogP) is 4.40. The number of benzene rings is 3. The van der Waals surface area contributed by atoms with Gasteiger partial charge in [0, 0.05) is 12.1 Å². The summed E-state index contributed by atoms with van der Waals surface area (Å²) < 4.78 is 37.6. The van der Waals surface area contributed by atoms with Crippen molar-refractivity contribution in [1.82, 2.24) is 0 Å². The van der Waals surface area contributed by atoms with Crippen molar-refractivity contribution in [2.75, 3.05) is 24.6 Å². The predicted molar refractivity (Wildman–Crippen MR) is 116 cm³/mol. The number of sulfonamides is 1. The third-order valence-corrected chi connectivity index (χ3v) is 6.25. The lowest BCUT2D eigenvalue weighted by Crippen LogP contribution is -2.26. The number of rotatable bonds is 8. The van der Waals surface area contributed by atoms with Gasteiger partial charge in [0.2, 0.25) is 0 Å². The molecule has 0 saturated carbocycles. The van der Waals surface area contributed by atoms with E-state index in [0.717, 1.165) is 4.31 Å². The molecule has 0 N–H and O–H groups in total. The fraction of sp³-hybridized carbons (Fsp3) is 0.136. The number of nitrogens with zero attached hydrogens (tertiary/aromatic N) is 1. The SMILES string of the molecule is CN(c1ccccc1)S(=O)(=O)c1cccc(C(=O)OCCOc2cccc(Cl)c2)c1. The first-order valence-corrected chi connectivity index (χ1v) is 10.9. The number of hydrogen-bond donors (Lipinski definition) is 0. The van der Waals surface area contributed by atoms with E-state index < -0.39 is 16.0 Å². The average Bonchev–Trinajstić information content (AvgIpc) is 2.77. The van der Waals surface area contributed by atoms with Crippen LogP contribution in [-0.2, 0) is 14.8 Å². The highest BCUT2D eigenvalue weighted by Crippen LogP contribution is 2.22. The van der Waals surface area contributed by atoms with Gasteiger partial charge >= 0.3 is 5.97 Å². The van der Waals surface area contributed by atoms with Crippen LogP contribution in [-0.4, -0.2) is 34.6 Å². The summed E-state index contributed by atoms with van der Waals surface area (Å²) in [7, 11) is -2.36. The number of anilines is 1. The smallest absolute Gasteiger partial charge is 0.338 e. The van der Waals surface area contributed by atoms with Crippen LogP contribution in [0, 0.1) is 0 Å². The van der Waals surface area contributed by atoms with Crippen molar-refractivity contribution in [3.63, 3.8) is 0 Å². The second-order valence-electron chi connectivity index (χ2n) is 6.28. The van der Waals surface area contributed by atoms with E-state index in [1.165, 1.54) is 31.3 Å². The van der Waals surface area contributed by atoms with Gasteiger partial charge in [0.25, 0.3) is 10.0 Å². The Morgan fingerprint density at radius 3 is 2.40 bits per heavy atom. The van der Waals surface area contributed by atoms with Gasteiger partial charge in [-0.3, -0.25) is 4.31 Å². The summed E-state index contributed by atoms with van der Waals surface area (Å²) in [5.74, 6) is -0.0697. The summed E-state index contributed by atoms with van der Waals surface area (Å²) in [4.78, 5) is 12.3. The molecule has 0 unspecified atom stereocenters. The van der Waals surface area contributed by atoms with Crippen LogP contribution in [0.2, 0.25) is 5.02 Å². The molecule has 30 heavy (non-hydrogen) atoms. The summed E-state index contributed by atoms with van der Waals surface area (Å²) in [6, 6.07) is 21.3. The zero-order chi connectivity index (χ0) is 21.6. The normalized spacial score (nSPS) is 11.0. The fourth-order valence-corrected chi connectivity index (χ4v) is 4.07. The van der Waals surface area contributed by atoms with Crippen molar-refractivity contribution in [1.29, 1.82) is 0 Å². The summed E-state index contributed by atoms with van der Waals surface area (Å²) >= 11 is 5.88. The molecule has 0 amide bonds. The first-order valence-electron chi connectivity index (χ1n) is 9.07. The van der Waals surface area contributed by atoms with Crippen LogP contribution in [0.15, 0.2) is 83.8 Å². The molecule has 0 aromatic heterocycles. The molecule has 3 aromatic carbocycles. The number of para-hydroxylation sites is 1. The molecule has 156 valence electrons. The standard InChI is InChI=1S/C22H20ClNO5S/c1-24(19-9-3-2-4-10-19)30(26,27)21-12-5-7-17(15-21)22(25)29-14-13-28-20-11-6-8-18(23)16-20/h2-12,15-16H,13-14H2,1H3. The van der Waals surface area contributed by atoms with Crippen molar-refractivity contribution in [3.05, 3.63) is 89.4 Å². The molecule has 3 aromatic rings. The van der Waals surface area contributed by atoms with Crippen molar-refractivity contribution in [2.24, 2.45) is 0 Å². The Hall–Kier alpha value is -3.03. The van der Waals surface area contributed by atoms with Gasteiger partial charge in [0.15, 0.2) is 0 Å². The van der Waals surface area contributed by atoms with Crippen LogP contribution in [0.5, 0.6) is 5.75 Å². The van der Waals surface area contributed by atoms with E-state index in [2.05, 4.69) is 0 Å². The molecule has 0 bridgehead atoms. The quantitative estimate of drug-likeness (QED) is 0.379. The third-order valence-electron chi connectivity index (χ3n) is 4.23. The molecule has 0 aliphatic heterocycles. The first kappa shape index (κ1) is 21.7. The number of carbonyl (C=O) groups is 1. The number of hydrogen-bond acceptors (Lipinski definition) is 5. The van der Waals surface area contributed by atoms with Gasteiger partial charge in [-0.2, -0.15) is 0 Å². The Kier molecular flexibility index (Phi) is 6.97. The molecule has 0 heterocycles. The summed E-state index contributed by atoms with van der Waals surface area (Å²) in [5, 5.41) is 0.544. The molecule has 6 nitrogen and oxygen atoms in total. The zero-order valence-corrected chi connectivity index (χ0v) is 17.8. The van der Waals surface area contributed by atoms with E-state index in [1.807, 2.05) is 0 Å². The number of esters is 1. The van der Waals surface area contributed by atoms with Crippen molar-refractivity contribution in [3.8, 4) is 5.75 Å². The largest absolute Gasteiger partial charge is 0.490 e. The monoisotopic (exact) mass is 445 g/mol. The molecule has 3 rings (SSSR count). The van der Waals surface area contributed by atoms with Gasteiger partial charge < -0.3 is 9.47 Å². The van der Waals surface area contributed by atoms with E-state index in [1.54, 1.807) is 54.6 Å². The maximum absolute atomic E-state index is 12.9. The average molecular weight is 446 g/mol. The van der Waals surface area contributed by atoms with Crippen LogP contribution in [0.3, 0.4) is 0 Å². The zero-order valence-electron chi connectivity index (χ0n) is 16.2. The van der Waals surface area contributed by atoms with Crippen LogP contribution in [0.25, 0.3) is 0 Å². The Labute approximate surface area is 180 Å². The molecule has 0 aliphatic rings. The molecule has 0 saturated heterocycles. The summed E-state index contributed by atoms with van der Waals surface area (Å²) in [6.07, 6.45) is 0. The molecule has 8 heteroatoms. The fourth-order valence-electron chi connectivity index (χ4n) is 2.65. The summed E-state index contributed by atoms with van der Waals surface area (Å²) in [6.45, 7) is 0.146. The van der Waals surface area contributed by atoms with Gasteiger partial charge in [0.05, 0.1) is 16.1 Å². The highest BCUT2D eigenvalue weighted by atomic mass is 35.5. The second kappa shape index (κ2) is 9.65. The van der Waals surface area contributed by atoms with E-state index in [0.29, 0.717) is 16.5 Å². The minimum atomic E-state index is -3.82. The van der Waals surface area contributed by atoms with Crippen molar-refractivity contribution < 1.29 is 22.7 Å². The number of carbonyl (C=O) groups excluding carboxylic acids is 1. The van der Waals surface area contributed by atoms with Crippen LogP contribution in [0.1, 0.15) is 10.4 Å². The second-order valence-corrected chi connectivity index (χ2v) is 8.68. The van der Waals surface area contributed by atoms with E-state index in [9.17, 15) is 13.2 Å². The Balaban J connectivity index is 1.63. The van der Waals surface area contributed by atoms with E-state index >= 15 is 0 Å². The Bertz CT molecular complexity index is 1120. The molecule has 0 aliphatic carbocycles. The maximum Gasteiger partial charge on any atom is 0.338 e. The topological polar surface area (TPSA) is 72.9 Å². The lowest BCUT2D eigenvalue weighted by Gasteiger charge is -2.19. The number of halogens is 1. The van der Waals surface area contributed by atoms with Crippen LogP contribution >= 0.6 is 11.6 Å². The van der Waals surface area contributed by atoms with Gasteiger partial charge in [-0.05, 0) is 48.5 Å². The van der Waals surface area contributed by atoms with Crippen LogP contribution in [0.4, 0.5) is 5.69 Å². The van der Waals surface area contributed by atoms with Crippen molar-refractivity contribution >= 4 is 33.3 Å².